The number of hydrogen-bond donors (Lipinski definition) is 1. The van der Waals surface area contributed by atoms with Gasteiger partial charge in [-0.3, -0.25) is 14.8 Å². The number of hydrogen-bond acceptors (Lipinski definition) is 8. The van der Waals surface area contributed by atoms with Crippen molar-refractivity contribution >= 4 is 29.0 Å². The Kier molecular flexibility index (Phi) is 5.98. The molecule has 0 bridgehead atoms. The molecule has 0 spiro atoms. The Morgan fingerprint density at radius 1 is 1.19 bits per heavy atom. The minimum Gasteiger partial charge on any atom is -0.497 e. The van der Waals surface area contributed by atoms with Gasteiger partial charge in [0.25, 0.3) is 0 Å². The number of nitrogens with one attached hydrogen (secondary N) is 1. The third-order valence-corrected chi connectivity index (χ3v) is 6.25. The number of fused-ring (bicyclic) bond motifs is 1. The fourth-order valence-electron chi connectivity index (χ4n) is 3.75. The lowest BCUT2D eigenvalue weighted by atomic mass is 9.99. The minimum absolute atomic E-state index is 0.155. The van der Waals surface area contributed by atoms with E-state index in [1.807, 2.05) is 41.6 Å². The highest BCUT2D eigenvalue weighted by Gasteiger charge is 2.45. The number of hydrazine groups is 1. The second-order valence-corrected chi connectivity index (χ2v) is 8.01. The molecule has 0 saturated carbocycles. The van der Waals surface area contributed by atoms with E-state index in [-0.39, 0.29) is 11.2 Å². The van der Waals surface area contributed by atoms with Crippen LogP contribution in [0.4, 0.5) is 0 Å². The van der Waals surface area contributed by atoms with Crippen molar-refractivity contribution in [2.75, 3.05) is 20.5 Å². The van der Waals surface area contributed by atoms with Crippen LogP contribution < -0.4 is 14.9 Å². The van der Waals surface area contributed by atoms with E-state index >= 15 is 0 Å². The van der Waals surface area contributed by atoms with Gasteiger partial charge in [-0.15, -0.1) is 11.8 Å². The van der Waals surface area contributed by atoms with Crippen LogP contribution in [0.2, 0.25) is 0 Å². The second kappa shape index (κ2) is 8.84. The summed E-state index contributed by atoms with van der Waals surface area (Å²) in [6.07, 6.45) is 3.16. The Morgan fingerprint density at radius 3 is 2.61 bits per heavy atom. The fourth-order valence-corrected chi connectivity index (χ4v) is 4.47. The van der Waals surface area contributed by atoms with E-state index in [2.05, 4.69) is 16.5 Å². The number of nitrogens with zero attached hydrogens (tertiary/aromatic N) is 3. The summed E-state index contributed by atoms with van der Waals surface area (Å²) in [7, 11) is 3.18. The lowest BCUT2D eigenvalue weighted by molar-refractivity contribution is 0.106. The molecule has 2 heterocycles. The average molecular weight is 435 g/mol. The van der Waals surface area contributed by atoms with Crippen LogP contribution in [0.5, 0.6) is 11.5 Å². The van der Waals surface area contributed by atoms with Gasteiger partial charge in [-0.1, -0.05) is 30.3 Å². The number of Topliss-reactive ketones (excluding diaryl/α,β-unsaturated/α-hetero) is 1. The maximum atomic E-state index is 13.2. The molecule has 3 unspecified atom stereocenters. The molecule has 2 aromatic rings. The summed E-state index contributed by atoms with van der Waals surface area (Å²) in [4.78, 5) is 17.9. The molecule has 2 aliphatic rings. The van der Waals surface area contributed by atoms with Crippen molar-refractivity contribution in [3.8, 4) is 17.6 Å². The zero-order chi connectivity index (χ0) is 22.0. The summed E-state index contributed by atoms with van der Waals surface area (Å²) in [5.74, 6) is 0.644. The van der Waals surface area contributed by atoms with E-state index in [0.717, 1.165) is 11.3 Å². The van der Waals surface area contributed by atoms with Gasteiger partial charge in [0.2, 0.25) is 5.78 Å². The minimum atomic E-state index is -0.531. The largest absolute Gasteiger partial charge is 0.497 e. The van der Waals surface area contributed by atoms with Gasteiger partial charge in [-0.25, -0.2) is 5.43 Å². The predicted molar refractivity (Wildman–Crippen MR) is 121 cm³/mol. The predicted octanol–water partition coefficient (Wildman–Crippen LogP) is 3.36. The molecule has 8 heteroatoms. The first kappa shape index (κ1) is 21.0. The molecule has 0 aromatic heterocycles. The number of ketones is 1. The molecule has 4 rings (SSSR count). The monoisotopic (exact) mass is 434 g/mol. The summed E-state index contributed by atoms with van der Waals surface area (Å²) in [6, 6.07) is 16.9. The summed E-state index contributed by atoms with van der Waals surface area (Å²) < 4.78 is 10.9. The van der Waals surface area contributed by atoms with Gasteiger partial charge in [0.15, 0.2) is 6.17 Å². The quantitative estimate of drug-likeness (QED) is 0.698. The third-order valence-electron chi connectivity index (χ3n) is 5.34. The van der Waals surface area contributed by atoms with Crippen molar-refractivity contribution in [2.24, 2.45) is 10.9 Å². The molecule has 158 valence electrons. The molecule has 0 radical (unpaired) electrons. The number of aliphatic imine (C=N–C) groups is 1. The summed E-state index contributed by atoms with van der Waals surface area (Å²) in [6.45, 7) is 0. The van der Waals surface area contributed by atoms with Crippen LogP contribution in [0.15, 0.2) is 59.6 Å². The Bertz CT molecular complexity index is 1090. The van der Waals surface area contributed by atoms with Crippen molar-refractivity contribution in [1.82, 2.24) is 10.4 Å². The number of carbonyl (C=O) groups is 1. The van der Waals surface area contributed by atoms with Crippen LogP contribution in [-0.2, 0) is 0 Å². The molecule has 2 aliphatic heterocycles. The summed E-state index contributed by atoms with van der Waals surface area (Å²) >= 11 is 1.54. The van der Waals surface area contributed by atoms with E-state index in [1.165, 1.54) is 0 Å². The Hall–Kier alpha value is -3.28. The first-order valence-electron chi connectivity index (χ1n) is 9.70. The maximum Gasteiger partial charge on any atom is 0.211 e. The smallest absolute Gasteiger partial charge is 0.211 e. The molecule has 1 N–H and O–H groups in total. The Morgan fingerprint density at radius 2 is 1.97 bits per heavy atom. The molecule has 31 heavy (non-hydrogen) atoms. The highest BCUT2D eigenvalue weighted by molar-refractivity contribution is 7.99. The van der Waals surface area contributed by atoms with Gasteiger partial charge < -0.3 is 9.47 Å². The van der Waals surface area contributed by atoms with Gasteiger partial charge in [-0.2, -0.15) is 5.26 Å². The van der Waals surface area contributed by atoms with Crippen molar-refractivity contribution < 1.29 is 14.3 Å². The Balaban J connectivity index is 1.85. The first-order chi connectivity index (χ1) is 15.1. The Labute approximate surface area is 185 Å². The number of allylic oxidation sites excluding steroid dienone is 1. The van der Waals surface area contributed by atoms with E-state index < -0.39 is 12.1 Å². The third kappa shape index (κ3) is 3.78. The van der Waals surface area contributed by atoms with Crippen LogP contribution in [0.1, 0.15) is 15.9 Å². The SMILES string of the molecule is COc1ccc(C2=CC(C(=O)c3ccccc3)=NC3C(C#N)C(SC)NN23)c(OC)c1. The van der Waals surface area contributed by atoms with Gasteiger partial charge in [-0.05, 0) is 24.5 Å². The lowest BCUT2D eigenvalue weighted by Gasteiger charge is -2.31. The molecule has 0 amide bonds. The molecule has 1 fully saturated rings. The van der Waals surface area contributed by atoms with E-state index in [9.17, 15) is 10.1 Å². The van der Waals surface area contributed by atoms with Crippen LogP contribution in [0, 0.1) is 17.2 Å². The first-order valence-corrected chi connectivity index (χ1v) is 11.0. The molecule has 0 aliphatic carbocycles. The standard InChI is InChI=1S/C23H22N4O3S/c1-29-15-9-10-16(20(11-15)30-2)19-12-18(21(28)14-7-5-4-6-8-14)25-22-17(13-24)23(31-3)26-27(19)22/h4-12,17,22-23,26H,1-3H3. The van der Waals surface area contributed by atoms with E-state index in [4.69, 9.17) is 9.47 Å². The summed E-state index contributed by atoms with van der Waals surface area (Å²) in [5, 5.41) is 11.5. The number of nitriles is 1. The fraction of sp³-hybridized carbons (Fsp3) is 0.261. The van der Waals surface area contributed by atoms with Crippen LogP contribution in [0.3, 0.4) is 0 Å². The maximum absolute atomic E-state index is 13.2. The zero-order valence-corrected chi connectivity index (χ0v) is 18.2. The topological polar surface area (TPSA) is 86.9 Å². The van der Waals surface area contributed by atoms with Crippen molar-refractivity contribution in [1.29, 1.82) is 5.26 Å². The molecule has 2 aromatic carbocycles. The normalized spacial score (nSPS) is 22.1. The van der Waals surface area contributed by atoms with Crippen molar-refractivity contribution in [2.45, 2.75) is 11.5 Å². The average Bonchev–Trinajstić information content (AvgIpc) is 3.20. The number of rotatable bonds is 6. The van der Waals surface area contributed by atoms with Crippen LogP contribution >= 0.6 is 11.8 Å². The van der Waals surface area contributed by atoms with Crippen LogP contribution in [0.25, 0.3) is 5.70 Å². The molecular weight excluding hydrogens is 412 g/mol. The highest BCUT2D eigenvalue weighted by Crippen LogP contribution is 2.40. The van der Waals surface area contributed by atoms with Crippen molar-refractivity contribution in [3.63, 3.8) is 0 Å². The molecule has 3 atom stereocenters. The number of carbonyl (C=O) groups excluding carboxylic acids is 1. The molecular formula is C23H22N4O3S. The van der Waals surface area contributed by atoms with Gasteiger partial charge in [0.1, 0.15) is 23.1 Å². The summed E-state index contributed by atoms with van der Waals surface area (Å²) in [5.41, 5.74) is 5.72. The van der Waals surface area contributed by atoms with E-state index in [1.54, 1.807) is 50.3 Å². The lowest BCUT2D eigenvalue weighted by Crippen LogP contribution is -2.40. The highest BCUT2D eigenvalue weighted by atomic mass is 32.2. The number of ether oxygens (including phenoxy) is 2. The molecule has 1 saturated heterocycles. The second-order valence-electron chi connectivity index (χ2n) is 7.03. The zero-order valence-electron chi connectivity index (χ0n) is 17.4. The molecule has 7 nitrogen and oxygen atoms in total. The number of benzene rings is 2. The number of thioether (sulfide) groups is 1. The number of methoxy groups -OCH3 is 2. The van der Waals surface area contributed by atoms with Crippen LogP contribution in [-0.4, -0.2) is 48.5 Å². The van der Waals surface area contributed by atoms with Crippen molar-refractivity contribution in [3.05, 3.63) is 65.7 Å². The van der Waals surface area contributed by atoms with Gasteiger partial charge in [0, 0.05) is 17.2 Å². The van der Waals surface area contributed by atoms with E-state index in [0.29, 0.717) is 22.8 Å². The van der Waals surface area contributed by atoms with Gasteiger partial charge >= 0.3 is 0 Å². The van der Waals surface area contributed by atoms with Gasteiger partial charge in [0.05, 0.1) is 31.4 Å².